The summed E-state index contributed by atoms with van der Waals surface area (Å²) in [5, 5.41) is 0. The number of allylic oxidation sites excluding steroid dienone is 7. The molecule has 3 unspecified atom stereocenters. The summed E-state index contributed by atoms with van der Waals surface area (Å²) in [6.07, 6.45) is 27.5. The van der Waals surface area contributed by atoms with Crippen LogP contribution in [0.2, 0.25) is 0 Å². The predicted octanol–water partition coefficient (Wildman–Crippen LogP) is 10.3. The van der Waals surface area contributed by atoms with E-state index in [9.17, 15) is 4.79 Å². The van der Waals surface area contributed by atoms with Crippen LogP contribution >= 0.6 is 0 Å². The minimum Gasteiger partial charge on any atom is -0.299 e. The highest BCUT2D eigenvalue weighted by molar-refractivity contribution is 5.81. The molecule has 1 nitrogen and oxygen atoms in total. The molecule has 0 saturated heterocycles. The summed E-state index contributed by atoms with van der Waals surface area (Å²) in [4.78, 5) is 12.4. The van der Waals surface area contributed by atoms with Gasteiger partial charge in [-0.15, -0.1) is 0 Å². The van der Waals surface area contributed by atoms with Gasteiger partial charge in [0.05, 0.1) is 0 Å². The molecule has 3 rings (SSSR count). The summed E-state index contributed by atoms with van der Waals surface area (Å²) >= 11 is 0. The number of carbonyl (C=O) groups excluding carboxylic acids is 1. The standard InChI is InChI=1S/C31H48O.C2H6/c1-5-7-18-30(32)25(6-2)14-10-11-17-28-21-22-29-27(16-12-23-31(28,29)4)20-19-26-15-9-8-13-24(26)3;1-2/h10-11,19-20,25,28-29H,3,5-9,12-18,21-23H2,1-2,4H3;1-2H3/b11-10+,26-19-,27-20+;/t25?,28?,29?,31-;/m1./s1. The Balaban J connectivity index is 0.00000199. The SMILES string of the molecule is C=C1CCCC/C1=C/C=C1\CCC[C@]2(C)C(C/C=C/CC(CC)C(=O)CCCC)CCC12.CC. The first kappa shape index (κ1) is 28.9. The van der Waals surface area contributed by atoms with Crippen molar-refractivity contribution in [2.75, 3.05) is 0 Å². The largest absolute Gasteiger partial charge is 0.299 e. The van der Waals surface area contributed by atoms with Crippen LogP contribution in [-0.4, -0.2) is 5.78 Å². The Morgan fingerprint density at radius 2 is 1.82 bits per heavy atom. The van der Waals surface area contributed by atoms with Crippen molar-refractivity contribution in [3.05, 3.63) is 47.6 Å². The first-order valence-electron chi connectivity index (χ1n) is 14.7. The monoisotopic (exact) mass is 466 g/mol. The van der Waals surface area contributed by atoms with Crippen LogP contribution in [0.1, 0.15) is 131 Å². The summed E-state index contributed by atoms with van der Waals surface area (Å²) < 4.78 is 0. The van der Waals surface area contributed by atoms with Gasteiger partial charge in [0.15, 0.2) is 0 Å². The minimum absolute atomic E-state index is 0.233. The maximum atomic E-state index is 12.4. The Kier molecular flexibility index (Phi) is 12.6. The third-order valence-electron chi connectivity index (χ3n) is 9.02. The second kappa shape index (κ2) is 14.9. The summed E-state index contributed by atoms with van der Waals surface area (Å²) in [5.74, 6) is 2.27. The molecule has 0 N–H and O–H groups in total. The van der Waals surface area contributed by atoms with Gasteiger partial charge in [0, 0.05) is 12.3 Å². The molecule has 0 radical (unpaired) electrons. The fraction of sp³-hybridized carbons (Fsp3) is 0.727. The van der Waals surface area contributed by atoms with Crippen molar-refractivity contribution in [2.45, 2.75) is 131 Å². The van der Waals surface area contributed by atoms with Crippen LogP contribution in [0.25, 0.3) is 0 Å². The van der Waals surface area contributed by atoms with E-state index in [-0.39, 0.29) is 5.92 Å². The number of unbranched alkanes of at least 4 members (excludes halogenated alkanes) is 1. The van der Waals surface area contributed by atoms with Crippen molar-refractivity contribution in [1.82, 2.24) is 0 Å². The highest BCUT2D eigenvalue weighted by Crippen LogP contribution is 2.58. The fourth-order valence-corrected chi connectivity index (χ4v) is 6.74. The second-order valence-electron chi connectivity index (χ2n) is 11.0. The van der Waals surface area contributed by atoms with Gasteiger partial charge in [-0.05, 0) is 106 Å². The molecule has 0 aliphatic heterocycles. The Morgan fingerprint density at radius 1 is 1.06 bits per heavy atom. The van der Waals surface area contributed by atoms with Crippen molar-refractivity contribution in [3.63, 3.8) is 0 Å². The topological polar surface area (TPSA) is 17.1 Å². The molecule has 0 aromatic heterocycles. The molecule has 192 valence electrons. The van der Waals surface area contributed by atoms with Crippen LogP contribution in [0.15, 0.2) is 47.6 Å². The van der Waals surface area contributed by atoms with E-state index >= 15 is 0 Å². The van der Waals surface area contributed by atoms with E-state index in [2.05, 4.69) is 51.7 Å². The average molecular weight is 467 g/mol. The lowest BCUT2D eigenvalue weighted by Gasteiger charge is -2.42. The predicted molar refractivity (Wildman–Crippen MR) is 150 cm³/mol. The first-order valence-corrected chi connectivity index (χ1v) is 14.7. The van der Waals surface area contributed by atoms with Gasteiger partial charge in [-0.1, -0.05) is 83.1 Å². The highest BCUT2D eigenvalue weighted by atomic mass is 16.1. The van der Waals surface area contributed by atoms with Crippen molar-refractivity contribution in [1.29, 1.82) is 0 Å². The van der Waals surface area contributed by atoms with E-state index in [4.69, 9.17) is 0 Å². The third kappa shape index (κ3) is 7.56. The molecule has 3 aliphatic carbocycles. The number of hydrogen-bond donors (Lipinski definition) is 0. The summed E-state index contributed by atoms with van der Waals surface area (Å²) in [7, 11) is 0. The lowest BCUT2D eigenvalue weighted by molar-refractivity contribution is -0.123. The number of carbonyl (C=O) groups is 1. The first-order chi connectivity index (χ1) is 16.5. The molecule has 0 aromatic rings. The number of rotatable bonds is 10. The Labute approximate surface area is 212 Å². The van der Waals surface area contributed by atoms with Crippen molar-refractivity contribution in [2.24, 2.45) is 23.2 Å². The third-order valence-corrected chi connectivity index (χ3v) is 9.02. The fourth-order valence-electron chi connectivity index (χ4n) is 6.74. The van der Waals surface area contributed by atoms with Gasteiger partial charge in [0.2, 0.25) is 0 Å². The zero-order valence-corrected chi connectivity index (χ0v) is 23.3. The summed E-state index contributed by atoms with van der Waals surface area (Å²) in [6, 6.07) is 0. The number of hydrogen-bond acceptors (Lipinski definition) is 1. The van der Waals surface area contributed by atoms with Gasteiger partial charge in [0.25, 0.3) is 0 Å². The number of fused-ring (bicyclic) bond motifs is 1. The van der Waals surface area contributed by atoms with E-state index in [0.29, 0.717) is 11.2 Å². The molecule has 1 heteroatoms. The molecule has 0 bridgehead atoms. The molecule has 3 aliphatic rings. The quantitative estimate of drug-likeness (QED) is 0.293. The van der Waals surface area contributed by atoms with Crippen LogP contribution in [-0.2, 0) is 4.79 Å². The van der Waals surface area contributed by atoms with Crippen LogP contribution in [0.3, 0.4) is 0 Å². The van der Waals surface area contributed by atoms with Crippen LogP contribution < -0.4 is 0 Å². The van der Waals surface area contributed by atoms with Crippen LogP contribution in [0, 0.1) is 23.2 Å². The van der Waals surface area contributed by atoms with E-state index in [1.807, 2.05) is 13.8 Å². The lowest BCUT2D eigenvalue weighted by atomic mass is 9.63. The lowest BCUT2D eigenvalue weighted by Crippen LogP contribution is -2.33. The molecule has 0 aromatic carbocycles. The number of ketones is 1. The highest BCUT2D eigenvalue weighted by Gasteiger charge is 2.48. The Morgan fingerprint density at radius 3 is 2.53 bits per heavy atom. The molecule has 4 atom stereocenters. The normalized spacial score (nSPS) is 30.3. The van der Waals surface area contributed by atoms with Crippen molar-refractivity contribution >= 4 is 5.78 Å². The van der Waals surface area contributed by atoms with Crippen LogP contribution in [0.5, 0.6) is 0 Å². The van der Waals surface area contributed by atoms with Gasteiger partial charge in [-0.3, -0.25) is 4.79 Å². The smallest absolute Gasteiger partial charge is 0.136 e. The van der Waals surface area contributed by atoms with Crippen molar-refractivity contribution < 1.29 is 4.79 Å². The van der Waals surface area contributed by atoms with E-state index in [1.54, 1.807) is 5.57 Å². The molecular formula is C33H54O. The average Bonchev–Trinajstić information content (AvgIpc) is 3.20. The second-order valence-corrected chi connectivity index (χ2v) is 11.0. The van der Waals surface area contributed by atoms with Gasteiger partial charge >= 0.3 is 0 Å². The van der Waals surface area contributed by atoms with Gasteiger partial charge in [-0.25, -0.2) is 0 Å². The number of Topliss-reactive ketones (excluding diaryl/α,β-unsaturated/α-hetero) is 1. The van der Waals surface area contributed by atoms with E-state index in [1.165, 1.54) is 75.4 Å². The van der Waals surface area contributed by atoms with Crippen molar-refractivity contribution in [3.8, 4) is 0 Å². The molecule has 34 heavy (non-hydrogen) atoms. The molecule has 3 fully saturated rings. The van der Waals surface area contributed by atoms with Gasteiger partial charge < -0.3 is 0 Å². The summed E-state index contributed by atoms with van der Waals surface area (Å²) in [6.45, 7) is 15.2. The minimum atomic E-state index is 0.233. The zero-order chi connectivity index (χ0) is 25.0. The van der Waals surface area contributed by atoms with Crippen LogP contribution in [0.4, 0.5) is 0 Å². The summed E-state index contributed by atoms with van der Waals surface area (Å²) in [5.41, 5.74) is 5.05. The van der Waals surface area contributed by atoms with Gasteiger partial charge in [-0.2, -0.15) is 0 Å². The van der Waals surface area contributed by atoms with E-state index < -0.39 is 0 Å². The Hall–Kier alpha value is -1.37. The zero-order valence-electron chi connectivity index (χ0n) is 23.3. The van der Waals surface area contributed by atoms with E-state index in [0.717, 1.165) is 43.9 Å². The van der Waals surface area contributed by atoms with Gasteiger partial charge in [0.1, 0.15) is 5.78 Å². The Bertz CT molecular complexity index is 736. The molecule has 0 spiro atoms. The maximum Gasteiger partial charge on any atom is 0.136 e. The molecule has 0 amide bonds. The maximum absolute atomic E-state index is 12.4. The molecule has 3 saturated carbocycles. The molecular weight excluding hydrogens is 412 g/mol. The molecule has 0 heterocycles.